The average Bonchev–Trinajstić information content (AvgIpc) is 3.47. The van der Waals surface area contributed by atoms with Crippen molar-refractivity contribution >= 4 is 18.1 Å². The summed E-state index contributed by atoms with van der Waals surface area (Å²) in [6, 6.07) is 16.0. The van der Waals surface area contributed by atoms with Gasteiger partial charge in [0, 0.05) is 37.3 Å². The van der Waals surface area contributed by atoms with E-state index in [0.717, 1.165) is 29.8 Å². The molecule has 180 valence electrons. The van der Waals surface area contributed by atoms with Gasteiger partial charge < -0.3 is 9.42 Å². The van der Waals surface area contributed by atoms with Crippen LogP contribution in [0.1, 0.15) is 17.0 Å². The standard InChI is InChI=1S/C25H27N7O2S/c1-17-6-8-19(9-7-17)23-26-21(34-29-23)15-30-10-12-31(13-11-30)22(33)16-32-24(27-28-25(32)35)20-5-3-4-18(2)14-20/h3-9,14H,10-13,15-16H2,1-2H3,(H,28,35). The number of hydrogen-bond donors (Lipinski definition) is 1. The zero-order valence-corrected chi connectivity index (χ0v) is 20.6. The zero-order chi connectivity index (χ0) is 24.4. The highest BCUT2D eigenvalue weighted by Gasteiger charge is 2.24. The Balaban J connectivity index is 1.18. The minimum atomic E-state index is 0.0236. The first kappa shape index (κ1) is 23.1. The molecule has 9 nitrogen and oxygen atoms in total. The summed E-state index contributed by atoms with van der Waals surface area (Å²) in [5, 5.41) is 11.3. The van der Waals surface area contributed by atoms with Crippen molar-refractivity contribution in [3.05, 3.63) is 70.3 Å². The fourth-order valence-corrected chi connectivity index (χ4v) is 4.39. The van der Waals surface area contributed by atoms with Gasteiger partial charge in [0.2, 0.25) is 17.6 Å². The lowest BCUT2D eigenvalue weighted by molar-refractivity contribution is -0.133. The number of rotatable bonds is 6. The van der Waals surface area contributed by atoms with E-state index in [0.29, 0.717) is 41.9 Å². The molecule has 4 aromatic rings. The molecule has 0 unspecified atom stereocenters. The largest absolute Gasteiger partial charge is 0.339 e. The van der Waals surface area contributed by atoms with Crippen LogP contribution in [0.15, 0.2) is 53.1 Å². The van der Waals surface area contributed by atoms with Crippen molar-refractivity contribution in [1.82, 2.24) is 34.7 Å². The van der Waals surface area contributed by atoms with Crippen molar-refractivity contribution in [3.8, 4) is 22.8 Å². The number of H-pyrrole nitrogens is 1. The van der Waals surface area contributed by atoms with Crippen molar-refractivity contribution in [2.24, 2.45) is 0 Å². The Hall–Kier alpha value is -3.63. The lowest BCUT2D eigenvalue weighted by Crippen LogP contribution is -2.49. The van der Waals surface area contributed by atoms with Gasteiger partial charge in [0.05, 0.1) is 6.54 Å². The number of benzene rings is 2. The highest BCUT2D eigenvalue weighted by Crippen LogP contribution is 2.20. The maximum atomic E-state index is 13.1. The fraction of sp³-hybridized carbons (Fsp3) is 0.320. The fourth-order valence-electron chi connectivity index (χ4n) is 4.19. The molecule has 10 heteroatoms. The molecule has 1 aliphatic rings. The molecule has 2 aromatic carbocycles. The second-order valence-electron chi connectivity index (χ2n) is 8.84. The number of aromatic amines is 1. The highest BCUT2D eigenvalue weighted by atomic mass is 32.1. The molecule has 0 radical (unpaired) electrons. The Morgan fingerprint density at radius 2 is 1.80 bits per heavy atom. The van der Waals surface area contributed by atoms with Crippen LogP contribution in [0.5, 0.6) is 0 Å². The molecular weight excluding hydrogens is 462 g/mol. The van der Waals surface area contributed by atoms with E-state index in [1.165, 1.54) is 5.56 Å². The molecule has 0 aliphatic carbocycles. The molecule has 1 saturated heterocycles. The summed E-state index contributed by atoms with van der Waals surface area (Å²) in [5.41, 5.74) is 4.17. The van der Waals surface area contributed by atoms with Gasteiger partial charge in [-0.1, -0.05) is 58.7 Å². The molecule has 1 N–H and O–H groups in total. The first-order valence-electron chi connectivity index (χ1n) is 11.6. The Morgan fingerprint density at radius 1 is 1.03 bits per heavy atom. The minimum Gasteiger partial charge on any atom is -0.339 e. The molecule has 0 atom stereocenters. The molecule has 0 saturated carbocycles. The highest BCUT2D eigenvalue weighted by molar-refractivity contribution is 7.71. The third-order valence-electron chi connectivity index (χ3n) is 6.19. The summed E-state index contributed by atoms with van der Waals surface area (Å²) in [7, 11) is 0. The van der Waals surface area contributed by atoms with Crippen LogP contribution in [0.3, 0.4) is 0 Å². The molecule has 35 heavy (non-hydrogen) atoms. The topological polar surface area (TPSA) is 96.1 Å². The van der Waals surface area contributed by atoms with Gasteiger partial charge in [0.25, 0.3) is 0 Å². The number of aryl methyl sites for hydroxylation is 2. The molecule has 0 bridgehead atoms. The van der Waals surface area contributed by atoms with E-state index < -0.39 is 0 Å². The van der Waals surface area contributed by atoms with Crippen LogP contribution >= 0.6 is 12.2 Å². The van der Waals surface area contributed by atoms with Gasteiger partial charge in [-0.3, -0.25) is 19.4 Å². The first-order chi connectivity index (χ1) is 17.0. The third-order valence-corrected chi connectivity index (χ3v) is 6.50. The lowest BCUT2D eigenvalue weighted by atomic mass is 10.1. The maximum absolute atomic E-state index is 13.1. The van der Waals surface area contributed by atoms with Gasteiger partial charge in [-0.15, -0.1) is 0 Å². The van der Waals surface area contributed by atoms with Crippen LogP contribution in [0.25, 0.3) is 22.8 Å². The minimum absolute atomic E-state index is 0.0236. The molecule has 1 aliphatic heterocycles. The average molecular weight is 490 g/mol. The van der Waals surface area contributed by atoms with E-state index in [4.69, 9.17) is 16.7 Å². The number of carbonyl (C=O) groups is 1. The summed E-state index contributed by atoms with van der Waals surface area (Å²) < 4.78 is 7.67. The third kappa shape index (κ3) is 5.23. The van der Waals surface area contributed by atoms with Gasteiger partial charge in [-0.2, -0.15) is 10.1 Å². The lowest BCUT2D eigenvalue weighted by Gasteiger charge is -2.34. The molecule has 1 amide bonds. The van der Waals surface area contributed by atoms with Crippen LogP contribution in [0.2, 0.25) is 0 Å². The summed E-state index contributed by atoms with van der Waals surface area (Å²) in [4.78, 5) is 21.7. The molecule has 1 fully saturated rings. The predicted octanol–water partition coefficient (Wildman–Crippen LogP) is 3.62. The quantitative estimate of drug-likeness (QED) is 0.413. The van der Waals surface area contributed by atoms with E-state index >= 15 is 0 Å². The van der Waals surface area contributed by atoms with Crippen LogP contribution in [-0.4, -0.2) is 66.8 Å². The molecular formula is C25H27N7O2S. The monoisotopic (exact) mass is 489 g/mol. The second-order valence-corrected chi connectivity index (χ2v) is 9.23. The first-order valence-corrected chi connectivity index (χ1v) is 12.0. The predicted molar refractivity (Wildman–Crippen MR) is 134 cm³/mol. The number of amides is 1. The van der Waals surface area contributed by atoms with Gasteiger partial charge in [-0.05, 0) is 32.1 Å². The Bertz CT molecular complexity index is 1380. The Morgan fingerprint density at radius 3 is 2.54 bits per heavy atom. The molecule has 5 rings (SSSR count). The van der Waals surface area contributed by atoms with E-state index in [-0.39, 0.29) is 12.5 Å². The Labute approximate surface area is 208 Å². The number of nitrogens with zero attached hydrogens (tertiary/aromatic N) is 6. The van der Waals surface area contributed by atoms with Crippen molar-refractivity contribution < 1.29 is 9.32 Å². The molecule has 0 spiro atoms. The van der Waals surface area contributed by atoms with Crippen molar-refractivity contribution in [1.29, 1.82) is 0 Å². The van der Waals surface area contributed by atoms with Crippen LogP contribution in [-0.2, 0) is 17.9 Å². The van der Waals surface area contributed by atoms with Crippen molar-refractivity contribution in [2.45, 2.75) is 26.9 Å². The van der Waals surface area contributed by atoms with Crippen molar-refractivity contribution in [3.63, 3.8) is 0 Å². The summed E-state index contributed by atoms with van der Waals surface area (Å²) in [6.07, 6.45) is 0. The van der Waals surface area contributed by atoms with Gasteiger partial charge in [0.1, 0.15) is 6.54 Å². The smallest absolute Gasteiger partial charge is 0.242 e. The van der Waals surface area contributed by atoms with Gasteiger partial charge in [0.15, 0.2) is 10.6 Å². The number of hydrogen-bond acceptors (Lipinski definition) is 7. The molecule has 2 aromatic heterocycles. The van der Waals surface area contributed by atoms with E-state index in [1.807, 2.05) is 67.3 Å². The van der Waals surface area contributed by atoms with E-state index in [9.17, 15) is 4.79 Å². The van der Waals surface area contributed by atoms with Gasteiger partial charge >= 0.3 is 0 Å². The number of aromatic nitrogens is 5. The summed E-state index contributed by atoms with van der Waals surface area (Å²) in [5.74, 6) is 1.87. The SMILES string of the molecule is Cc1ccc(-c2noc(CN3CCN(C(=O)Cn4c(-c5cccc(C)c5)n[nH]c4=S)CC3)n2)cc1. The van der Waals surface area contributed by atoms with Crippen LogP contribution in [0, 0.1) is 18.6 Å². The second kappa shape index (κ2) is 9.93. The normalized spacial score (nSPS) is 14.4. The van der Waals surface area contributed by atoms with E-state index in [1.54, 1.807) is 4.57 Å². The summed E-state index contributed by atoms with van der Waals surface area (Å²) >= 11 is 5.40. The van der Waals surface area contributed by atoms with Gasteiger partial charge in [-0.25, -0.2) is 0 Å². The molecule has 3 heterocycles. The van der Waals surface area contributed by atoms with Crippen LogP contribution < -0.4 is 0 Å². The van der Waals surface area contributed by atoms with Crippen LogP contribution in [0.4, 0.5) is 0 Å². The number of nitrogens with one attached hydrogen (secondary N) is 1. The van der Waals surface area contributed by atoms with E-state index in [2.05, 4.69) is 25.2 Å². The zero-order valence-electron chi connectivity index (χ0n) is 19.8. The van der Waals surface area contributed by atoms with Crippen molar-refractivity contribution in [2.75, 3.05) is 26.2 Å². The number of piperazine rings is 1. The Kier molecular flexibility index (Phi) is 6.56. The summed E-state index contributed by atoms with van der Waals surface area (Å²) in [6.45, 7) is 7.50. The number of carbonyl (C=O) groups excluding carboxylic acids is 1. The maximum Gasteiger partial charge on any atom is 0.242 e.